The molecule has 0 saturated heterocycles. The summed E-state index contributed by atoms with van der Waals surface area (Å²) in [4.78, 5) is 11.1. The van der Waals surface area contributed by atoms with Crippen LogP contribution in [-0.4, -0.2) is 15.6 Å². The molecule has 66 valence electrons. The molecule has 1 aromatic heterocycles. The lowest BCUT2D eigenvalue weighted by molar-refractivity contribution is 0.101. The van der Waals surface area contributed by atoms with Crippen LogP contribution in [0.2, 0.25) is 0 Å². The first-order valence-electron chi connectivity index (χ1n) is 4.11. The Bertz CT molecular complexity index is 471. The lowest BCUT2D eigenvalue weighted by Crippen LogP contribution is -1.89. The number of rotatable bonds is 1. The molecule has 0 aliphatic carbocycles. The van der Waals surface area contributed by atoms with E-state index < -0.39 is 0 Å². The predicted molar refractivity (Wildman–Crippen MR) is 50.7 cm³/mol. The van der Waals surface area contributed by atoms with E-state index in [1.807, 2.05) is 25.4 Å². The van der Waals surface area contributed by atoms with E-state index in [1.165, 1.54) is 0 Å². The molecule has 3 heteroatoms. The second kappa shape index (κ2) is 2.69. The number of benzene rings is 1. The second-order valence-electron chi connectivity index (χ2n) is 3.13. The maximum absolute atomic E-state index is 11.1. The predicted octanol–water partition coefficient (Wildman–Crippen LogP) is 1.78. The minimum absolute atomic E-state index is 0.0887. The molecule has 2 aromatic rings. The maximum Gasteiger partial charge on any atom is 0.159 e. The van der Waals surface area contributed by atoms with Gasteiger partial charge < -0.3 is 0 Å². The van der Waals surface area contributed by atoms with Crippen LogP contribution < -0.4 is 0 Å². The summed E-state index contributed by atoms with van der Waals surface area (Å²) in [6, 6.07) is 5.54. The molecule has 0 aliphatic rings. The quantitative estimate of drug-likeness (QED) is 0.617. The summed E-state index contributed by atoms with van der Waals surface area (Å²) >= 11 is 0. The summed E-state index contributed by atoms with van der Waals surface area (Å²) in [7, 11) is 1.87. The van der Waals surface area contributed by atoms with Crippen LogP contribution in [0.3, 0.4) is 0 Å². The van der Waals surface area contributed by atoms with Crippen LogP contribution in [0, 0.1) is 0 Å². The van der Waals surface area contributed by atoms with Crippen molar-refractivity contribution < 1.29 is 4.79 Å². The van der Waals surface area contributed by atoms with Crippen molar-refractivity contribution in [1.82, 2.24) is 9.78 Å². The van der Waals surface area contributed by atoms with Gasteiger partial charge in [0.1, 0.15) is 0 Å². The molecule has 1 heterocycles. The van der Waals surface area contributed by atoms with Gasteiger partial charge in [-0.3, -0.25) is 9.48 Å². The zero-order chi connectivity index (χ0) is 9.42. The van der Waals surface area contributed by atoms with Gasteiger partial charge in [-0.2, -0.15) is 5.10 Å². The van der Waals surface area contributed by atoms with Crippen LogP contribution in [0.25, 0.3) is 10.9 Å². The first kappa shape index (κ1) is 7.98. The van der Waals surface area contributed by atoms with Crippen molar-refractivity contribution in [3.05, 3.63) is 30.0 Å². The summed E-state index contributed by atoms with van der Waals surface area (Å²) in [5.41, 5.74) is 1.66. The molecule has 0 fully saturated rings. The molecule has 1 aromatic carbocycles. The zero-order valence-corrected chi connectivity index (χ0v) is 7.61. The molecule has 0 bridgehead atoms. The van der Waals surface area contributed by atoms with Crippen molar-refractivity contribution in [2.45, 2.75) is 6.92 Å². The Kier molecular flexibility index (Phi) is 1.65. The van der Waals surface area contributed by atoms with Crippen molar-refractivity contribution >= 4 is 16.7 Å². The fourth-order valence-electron chi connectivity index (χ4n) is 1.37. The van der Waals surface area contributed by atoms with E-state index in [4.69, 9.17) is 0 Å². The normalized spacial score (nSPS) is 10.6. The molecule has 0 aliphatic heterocycles. The fraction of sp³-hybridized carbons (Fsp3) is 0.200. The number of nitrogens with zero attached hydrogens (tertiary/aromatic N) is 2. The number of fused-ring (bicyclic) bond motifs is 1. The highest BCUT2D eigenvalue weighted by Gasteiger charge is 2.02. The number of carbonyl (C=O) groups is 1. The minimum atomic E-state index is 0.0887. The maximum atomic E-state index is 11.1. The molecular formula is C10H10N2O. The van der Waals surface area contributed by atoms with E-state index in [-0.39, 0.29) is 5.78 Å². The van der Waals surface area contributed by atoms with Crippen molar-refractivity contribution in [2.75, 3.05) is 0 Å². The van der Waals surface area contributed by atoms with Crippen LogP contribution in [0.1, 0.15) is 17.3 Å². The largest absolute Gasteiger partial charge is 0.295 e. The summed E-state index contributed by atoms with van der Waals surface area (Å²) < 4.78 is 1.74. The Morgan fingerprint density at radius 1 is 1.46 bits per heavy atom. The van der Waals surface area contributed by atoms with E-state index in [9.17, 15) is 4.79 Å². The number of hydrogen-bond donors (Lipinski definition) is 0. The molecule has 0 radical (unpaired) electrons. The topological polar surface area (TPSA) is 34.9 Å². The number of Topliss-reactive ketones (excluding diaryl/α,β-unsaturated/α-hetero) is 1. The molecule has 0 amide bonds. The van der Waals surface area contributed by atoms with Crippen LogP contribution >= 0.6 is 0 Å². The van der Waals surface area contributed by atoms with E-state index in [0.717, 1.165) is 16.5 Å². The summed E-state index contributed by atoms with van der Waals surface area (Å²) in [6.45, 7) is 1.57. The van der Waals surface area contributed by atoms with Gasteiger partial charge in [0.15, 0.2) is 5.78 Å². The third-order valence-electron chi connectivity index (χ3n) is 2.03. The highest BCUT2D eigenvalue weighted by molar-refractivity contribution is 5.97. The van der Waals surface area contributed by atoms with E-state index in [1.54, 1.807) is 17.7 Å². The lowest BCUT2D eigenvalue weighted by Gasteiger charge is -1.93. The second-order valence-corrected chi connectivity index (χ2v) is 3.13. The van der Waals surface area contributed by atoms with Crippen molar-refractivity contribution in [2.24, 2.45) is 7.05 Å². The monoisotopic (exact) mass is 174 g/mol. The number of aryl methyl sites for hydroxylation is 1. The summed E-state index contributed by atoms with van der Waals surface area (Å²) in [6.07, 6.45) is 1.90. The third-order valence-corrected chi connectivity index (χ3v) is 2.03. The number of carbonyl (C=O) groups excluding carboxylic acids is 1. The highest BCUT2D eigenvalue weighted by atomic mass is 16.1. The molecular weight excluding hydrogens is 164 g/mol. The van der Waals surface area contributed by atoms with E-state index >= 15 is 0 Å². The van der Waals surface area contributed by atoms with Gasteiger partial charge in [-0.05, 0) is 25.1 Å². The van der Waals surface area contributed by atoms with Gasteiger partial charge in [-0.1, -0.05) is 0 Å². The molecule has 0 spiro atoms. The zero-order valence-electron chi connectivity index (χ0n) is 7.61. The Hall–Kier alpha value is -1.64. The highest BCUT2D eigenvalue weighted by Crippen LogP contribution is 2.14. The average molecular weight is 174 g/mol. The molecule has 0 atom stereocenters. The van der Waals surface area contributed by atoms with Crippen molar-refractivity contribution in [3.8, 4) is 0 Å². The van der Waals surface area contributed by atoms with E-state index in [0.29, 0.717) is 0 Å². The Morgan fingerprint density at radius 3 is 2.92 bits per heavy atom. The van der Waals surface area contributed by atoms with Crippen LogP contribution in [-0.2, 0) is 7.05 Å². The Labute approximate surface area is 76.0 Å². The molecule has 0 saturated carbocycles. The van der Waals surface area contributed by atoms with Gasteiger partial charge in [0.25, 0.3) is 0 Å². The van der Waals surface area contributed by atoms with Crippen molar-refractivity contribution in [3.63, 3.8) is 0 Å². The lowest BCUT2D eigenvalue weighted by atomic mass is 10.1. The Morgan fingerprint density at radius 2 is 2.23 bits per heavy atom. The van der Waals surface area contributed by atoms with Crippen LogP contribution in [0.5, 0.6) is 0 Å². The molecule has 0 unspecified atom stereocenters. The van der Waals surface area contributed by atoms with Gasteiger partial charge in [0.2, 0.25) is 0 Å². The SMILES string of the molecule is CC(=O)c1ccc2nn(C)cc2c1. The summed E-state index contributed by atoms with van der Waals surface area (Å²) in [5.74, 6) is 0.0887. The Balaban J connectivity index is 2.67. The fourth-order valence-corrected chi connectivity index (χ4v) is 1.37. The smallest absolute Gasteiger partial charge is 0.159 e. The number of hydrogen-bond acceptors (Lipinski definition) is 2. The number of aromatic nitrogens is 2. The standard InChI is InChI=1S/C10H10N2O/c1-7(13)8-3-4-10-9(5-8)6-12(2)11-10/h3-6H,1-2H3. The van der Waals surface area contributed by atoms with E-state index in [2.05, 4.69) is 5.10 Å². The van der Waals surface area contributed by atoms with Gasteiger partial charge in [0, 0.05) is 24.2 Å². The summed E-state index contributed by atoms with van der Waals surface area (Å²) in [5, 5.41) is 5.23. The van der Waals surface area contributed by atoms with Crippen molar-refractivity contribution in [1.29, 1.82) is 0 Å². The van der Waals surface area contributed by atoms with Gasteiger partial charge in [0.05, 0.1) is 5.52 Å². The number of ketones is 1. The van der Waals surface area contributed by atoms with Crippen LogP contribution in [0.15, 0.2) is 24.4 Å². The average Bonchev–Trinajstić information content (AvgIpc) is 2.42. The first-order valence-corrected chi connectivity index (χ1v) is 4.11. The molecule has 0 N–H and O–H groups in total. The molecule has 13 heavy (non-hydrogen) atoms. The van der Waals surface area contributed by atoms with Gasteiger partial charge >= 0.3 is 0 Å². The van der Waals surface area contributed by atoms with Gasteiger partial charge in [-0.25, -0.2) is 0 Å². The van der Waals surface area contributed by atoms with Crippen LogP contribution in [0.4, 0.5) is 0 Å². The molecule has 2 rings (SSSR count). The molecule has 3 nitrogen and oxygen atoms in total. The first-order chi connectivity index (χ1) is 6.16. The third kappa shape index (κ3) is 1.33. The van der Waals surface area contributed by atoms with Gasteiger partial charge in [-0.15, -0.1) is 0 Å². The minimum Gasteiger partial charge on any atom is -0.295 e.